The van der Waals surface area contributed by atoms with Gasteiger partial charge >= 0.3 is 0 Å². The Labute approximate surface area is 198 Å². The van der Waals surface area contributed by atoms with Gasteiger partial charge in [-0.15, -0.1) is 11.3 Å². The van der Waals surface area contributed by atoms with E-state index < -0.39 is 0 Å². The second-order valence-electron chi connectivity index (χ2n) is 7.22. The Balaban J connectivity index is 1.41. The van der Waals surface area contributed by atoms with Crippen molar-refractivity contribution in [2.75, 3.05) is 31.6 Å². The number of amidine groups is 1. The molecule has 0 aliphatic carbocycles. The van der Waals surface area contributed by atoms with Crippen molar-refractivity contribution in [3.63, 3.8) is 0 Å². The zero-order valence-electron chi connectivity index (χ0n) is 17.1. The molecule has 0 saturated carbocycles. The molecule has 0 unspecified atom stereocenters. The summed E-state index contributed by atoms with van der Waals surface area (Å²) in [6.07, 6.45) is 1.73. The number of halogens is 1. The highest BCUT2D eigenvalue weighted by molar-refractivity contribution is 9.10. The quantitative estimate of drug-likeness (QED) is 0.292. The Morgan fingerprint density at radius 1 is 1.09 bits per heavy atom. The maximum absolute atomic E-state index is 12.8. The molecule has 3 aromatic rings. The number of rotatable bonds is 6. The molecule has 7 nitrogen and oxygen atoms in total. The molecule has 1 amide bonds. The number of pyridine rings is 1. The lowest BCUT2D eigenvalue weighted by atomic mass is 10.0. The van der Waals surface area contributed by atoms with Gasteiger partial charge in [0.15, 0.2) is 5.78 Å². The Kier molecular flexibility index (Phi) is 7.09. The molecule has 4 rings (SSSR count). The number of thiophene rings is 1. The Hall–Kier alpha value is -2.88. The first kappa shape index (κ1) is 22.3. The summed E-state index contributed by atoms with van der Waals surface area (Å²) in [4.78, 5) is 32.1. The molecule has 1 aliphatic rings. The lowest BCUT2D eigenvalue weighted by Crippen LogP contribution is -2.40. The molecule has 0 radical (unpaired) electrons. The molecule has 0 spiro atoms. The van der Waals surface area contributed by atoms with Gasteiger partial charge in [-0.1, -0.05) is 24.3 Å². The number of Topliss-reactive ketones (excluding diaryl/α,β-unsaturated/α-hetero) is 1. The number of carbonyl (C=O) groups excluding carboxylic acids is 2. The van der Waals surface area contributed by atoms with Gasteiger partial charge in [0.05, 0.1) is 18.1 Å². The molecule has 3 heterocycles. The van der Waals surface area contributed by atoms with E-state index in [1.807, 2.05) is 4.90 Å². The van der Waals surface area contributed by atoms with Gasteiger partial charge in [-0.25, -0.2) is 4.98 Å². The van der Waals surface area contributed by atoms with E-state index in [9.17, 15) is 9.59 Å². The third-order valence-electron chi connectivity index (χ3n) is 5.08. The fourth-order valence-electron chi connectivity index (χ4n) is 3.36. The maximum atomic E-state index is 12.8. The highest BCUT2D eigenvalue weighted by Crippen LogP contribution is 2.21. The molecule has 164 valence electrons. The number of carbonyl (C=O) groups is 2. The summed E-state index contributed by atoms with van der Waals surface area (Å²) >= 11 is 4.61. The molecule has 1 fully saturated rings. The van der Waals surface area contributed by atoms with Crippen molar-refractivity contribution in [2.24, 2.45) is 0 Å². The first-order valence-electron chi connectivity index (χ1n) is 10.1. The normalized spacial score (nSPS) is 13.6. The summed E-state index contributed by atoms with van der Waals surface area (Å²) in [6.45, 7) is 2.62. The Morgan fingerprint density at radius 2 is 1.81 bits per heavy atom. The number of hydrogen-bond acceptors (Lipinski definition) is 6. The predicted octanol–water partition coefficient (Wildman–Crippen LogP) is 4.24. The van der Waals surface area contributed by atoms with Crippen molar-refractivity contribution in [2.45, 2.75) is 6.42 Å². The van der Waals surface area contributed by atoms with Crippen LogP contribution in [-0.2, 0) is 11.2 Å². The van der Waals surface area contributed by atoms with Gasteiger partial charge < -0.3 is 15.0 Å². The average molecular weight is 513 g/mol. The lowest BCUT2D eigenvalue weighted by Gasteiger charge is -2.29. The van der Waals surface area contributed by atoms with Crippen LogP contribution in [0.1, 0.15) is 31.2 Å². The summed E-state index contributed by atoms with van der Waals surface area (Å²) in [5.41, 5.74) is 2.00. The number of amides is 1. The van der Waals surface area contributed by atoms with E-state index in [1.54, 1.807) is 54.0 Å². The Morgan fingerprint density at radius 3 is 2.50 bits per heavy atom. The molecule has 9 heteroatoms. The molecule has 32 heavy (non-hydrogen) atoms. The van der Waals surface area contributed by atoms with E-state index in [0.29, 0.717) is 54.0 Å². The van der Waals surface area contributed by atoms with Crippen molar-refractivity contribution in [3.8, 4) is 0 Å². The summed E-state index contributed by atoms with van der Waals surface area (Å²) in [6, 6.07) is 12.4. The number of ether oxygens (including phenoxy) is 1. The van der Waals surface area contributed by atoms with Gasteiger partial charge in [-0.2, -0.15) is 0 Å². The van der Waals surface area contributed by atoms with Gasteiger partial charge in [0, 0.05) is 41.3 Å². The van der Waals surface area contributed by atoms with Crippen molar-refractivity contribution < 1.29 is 14.3 Å². The van der Waals surface area contributed by atoms with Gasteiger partial charge in [-0.05, 0) is 45.1 Å². The number of aromatic nitrogens is 1. The van der Waals surface area contributed by atoms with Crippen molar-refractivity contribution in [1.29, 1.82) is 5.41 Å². The number of hydrogen-bond donors (Lipinski definition) is 2. The fourth-order valence-corrected chi connectivity index (χ4v) is 4.41. The Bertz CT molecular complexity index is 1120. The highest BCUT2D eigenvalue weighted by Gasteiger charge is 2.19. The van der Waals surface area contributed by atoms with Gasteiger partial charge in [0.1, 0.15) is 11.7 Å². The largest absolute Gasteiger partial charge is 0.378 e. The van der Waals surface area contributed by atoms with Crippen LogP contribution in [0.4, 0.5) is 5.82 Å². The summed E-state index contributed by atoms with van der Waals surface area (Å²) in [7, 11) is 0. The van der Waals surface area contributed by atoms with Crippen LogP contribution in [-0.4, -0.2) is 53.7 Å². The topological polar surface area (TPSA) is 95.4 Å². The molecule has 0 bridgehead atoms. The van der Waals surface area contributed by atoms with E-state index in [4.69, 9.17) is 10.1 Å². The van der Waals surface area contributed by atoms with Crippen LogP contribution in [0.2, 0.25) is 0 Å². The van der Waals surface area contributed by atoms with Crippen molar-refractivity contribution in [3.05, 3.63) is 80.1 Å². The van der Waals surface area contributed by atoms with Crippen LogP contribution < -0.4 is 5.32 Å². The zero-order chi connectivity index (χ0) is 22.5. The predicted molar refractivity (Wildman–Crippen MR) is 128 cm³/mol. The summed E-state index contributed by atoms with van der Waals surface area (Å²) in [5.74, 6) is 0.517. The van der Waals surface area contributed by atoms with Crippen LogP contribution in [0.5, 0.6) is 0 Å². The van der Waals surface area contributed by atoms with Crippen LogP contribution in [0.25, 0.3) is 0 Å². The third kappa shape index (κ3) is 5.29. The number of ketones is 1. The van der Waals surface area contributed by atoms with Crippen LogP contribution in [0.3, 0.4) is 0 Å². The zero-order valence-corrected chi connectivity index (χ0v) is 19.5. The molecular formula is C23H21BrN4O3S. The van der Waals surface area contributed by atoms with Gasteiger partial charge in [-0.3, -0.25) is 15.0 Å². The first-order chi connectivity index (χ1) is 15.5. The minimum Gasteiger partial charge on any atom is -0.378 e. The summed E-state index contributed by atoms with van der Waals surface area (Å²) in [5, 5.41) is 12.9. The van der Waals surface area contributed by atoms with Crippen molar-refractivity contribution in [1.82, 2.24) is 9.88 Å². The smallest absolute Gasteiger partial charge is 0.267 e. The summed E-state index contributed by atoms with van der Waals surface area (Å²) < 4.78 is 6.16. The third-order valence-corrected chi connectivity index (χ3v) is 6.51. The van der Waals surface area contributed by atoms with Gasteiger partial charge in [0.25, 0.3) is 5.91 Å². The van der Waals surface area contributed by atoms with E-state index in [2.05, 4.69) is 26.2 Å². The minimum atomic E-state index is -0.285. The van der Waals surface area contributed by atoms with Crippen molar-refractivity contribution >= 4 is 50.6 Å². The van der Waals surface area contributed by atoms with Crippen LogP contribution in [0.15, 0.2) is 58.5 Å². The SMILES string of the molecule is N=C(c1ccc(C(=O)Cc2ccsc2C(=O)Nc2ccc(Br)cn2)cc1)N1CCOCC1. The number of morpholine rings is 1. The lowest BCUT2D eigenvalue weighted by molar-refractivity contribution is 0.0680. The number of nitrogens with one attached hydrogen (secondary N) is 2. The maximum Gasteiger partial charge on any atom is 0.267 e. The van der Waals surface area contributed by atoms with Gasteiger partial charge in [0.2, 0.25) is 0 Å². The molecule has 0 atom stereocenters. The van der Waals surface area contributed by atoms with Crippen LogP contribution in [0, 0.1) is 5.41 Å². The molecule has 2 aromatic heterocycles. The molecule has 1 saturated heterocycles. The number of benzene rings is 1. The second kappa shape index (κ2) is 10.2. The molecule has 2 N–H and O–H groups in total. The molecule has 1 aromatic carbocycles. The molecular weight excluding hydrogens is 492 g/mol. The molecule has 1 aliphatic heterocycles. The fraction of sp³-hybridized carbons (Fsp3) is 0.217. The highest BCUT2D eigenvalue weighted by atomic mass is 79.9. The van der Waals surface area contributed by atoms with E-state index in [1.165, 1.54) is 11.3 Å². The standard InChI is InChI=1S/C23H21BrN4O3S/c24-18-5-6-20(26-14-18)27-23(30)21-17(7-12-32-21)13-19(29)15-1-3-16(4-2-15)22(25)28-8-10-31-11-9-28/h1-7,12,14,25H,8-11,13H2,(H,26,27,30). The monoisotopic (exact) mass is 512 g/mol. The van der Waals surface area contributed by atoms with E-state index >= 15 is 0 Å². The average Bonchev–Trinajstić information content (AvgIpc) is 3.29. The number of nitrogens with zero attached hydrogens (tertiary/aromatic N) is 2. The van der Waals surface area contributed by atoms with E-state index in [0.717, 1.165) is 10.0 Å². The van der Waals surface area contributed by atoms with E-state index in [-0.39, 0.29) is 18.1 Å². The van der Waals surface area contributed by atoms with Crippen LogP contribution >= 0.6 is 27.3 Å². The minimum absolute atomic E-state index is 0.0799. The first-order valence-corrected chi connectivity index (χ1v) is 11.7. The second-order valence-corrected chi connectivity index (χ2v) is 9.05. The number of anilines is 1.